The van der Waals surface area contributed by atoms with E-state index < -0.39 is 0 Å². The van der Waals surface area contributed by atoms with E-state index in [1.54, 1.807) is 0 Å². The van der Waals surface area contributed by atoms with Crippen LogP contribution in [0.3, 0.4) is 0 Å². The summed E-state index contributed by atoms with van der Waals surface area (Å²) in [6, 6.07) is 4.47. The summed E-state index contributed by atoms with van der Waals surface area (Å²) in [6.45, 7) is 3.03. The van der Waals surface area contributed by atoms with Crippen LogP contribution in [0.4, 0.5) is 0 Å². The highest BCUT2D eigenvalue weighted by Gasteiger charge is 2.31. The first-order valence-corrected chi connectivity index (χ1v) is 5.51. The fourth-order valence-corrected chi connectivity index (χ4v) is 2.37. The molecule has 1 aromatic rings. The van der Waals surface area contributed by atoms with Gasteiger partial charge < -0.3 is 10.1 Å². The van der Waals surface area contributed by atoms with Gasteiger partial charge in [0.2, 0.25) is 0 Å². The van der Waals surface area contributed by atoms with Crippen LogP contribution in [0.5, 0.6) is 0 Å². The maximum atomic E-state index is 5.61. The lowest BCUT2D eigenvalue weighted by molar-refractivity contribution is 0.0962. The summed E-state index contributed by atoms with van der Waals surface area (Å²) in [5, 5.41) is 3.37. The number of rotatable bonds is 3. The SMILES string of the molecule is CNC(c1cccnc1)C1CCOC1C. The summed E-state index contributed by atoms with van der Waals surface area (Å²) in [7, 11) is 2.00. The highest BCUT2D eigenvalue weighted by Crippen LogP contribution is 2.32. The third-order valence-electron chi connectivity index (χ3n) is 3.22. The standard InChI is InChI=1S/C12H18N2O/c1-9-11(5-7-15-9)12(13-2)10-4-3-6-14-8-10/h3-4,6,8-9,11-13H,5,7H2,1-2H3. The first kappa shape index (κ1) is 10.6. The van der Waals surface area contributed by atoms with Crippen LogP contribution in [0.15, 0.2) is 24.5 Å². The zero-order chi connectivity index (χ0) is 10.7. The molecular formula is C12H18N2O. The van der Waals surface area contributed by atoms with Crippen LogP contribution in [0.25, 0.3) is 0 Å². The zero-order valence-electron chi connectivity index (χ0n) is 9.31. The van der Waals surface area contributed by atoms with Crippen molar-refractivity contribution in [1.29, 1.82) is 0 Å². The molecule has 2 heterocycles. The molecule has 1 aliphatic rings. The molecule has 1 N–H and O–H groups in total. The van der Waals surface area contributed by atoms with Gasteiger partial charge in [-0.25, -0.2) is 0 Å². The molecule has 0 radical (unpaired) electrons. The van der Waals surface area contributed by atoms with Crippen molar-refractivity contribution in [3.8, 4) is 0 Å². The van der Waals surface area contributed by atoms with Gasteiger partial charge in [0.05, 0.1) is 6.10 Å². The average Bonchev–Trinajstić information content (AvgIpc) is 2.68. The van der Waals surface area contributed by atoms with Crippen LogP contribution in [-0.2, 0) is 4.74 Å². The molecule has 0 aliphatic carbocycles. The van der Waals surface area contributed by atoms with Crippen molar-refractivity contribution < 1.29 is 4.74 Å². The third kappa shape index (κ3) is 2.19. The maximum absolute atomic E-state index is 5.61. The Morgan fingerprint density at radius 1 is 1.60 bits per heavy atom. The van der Waals surface area contributed by atoms with E-state index in [4.69, 9.17) is 4.74 Å². The monoisotopic (exact) mass is 206 g/mol. The second-order valence-corrected chi connectivity index (χ2v) is 4.08. The second kappa shape index (κ2) is 4.73. The largest absolute Gasteiger partial charge is 0.378 e. The van der Waals surface area contributed by atoms with Gasteiger partial charge in [-0.15, -0.1) is 0 Å². The van der Waals surface area contributed by atoms with Crippen LogP contribution in [0, 0.1) is 5.92 Å². The first-order chi connectivity index (χ1) is 7.33. The van der Waals surface area contributed by atoms with Gasteiger partial charge in [0.15, 0.2) is 0 Å². The molecule has 3 atom stereocenters. The van der Waals surface area contributed by atoms with Crippen molar-refractivity contribution in [3.05, 3.63) is 30.1 Å². The Kier molecular flexibility index (Phi) is 3.34. The van der Waals surface area contributed by atoms with Crippen LogP contribution >= 0.6 is 0 Å². The summed E-state index contributed by atoms with van der Waals surface area (Å²) in [5.41, 5.74) is 1.25. The molecule has 82 valence electrons. The van der Waals surface area contributed by atoms with Gasteiger partial charge in [0.1, 0.15) is 0 Å². The second-order valence-electron chi connectivity index (χ2n) is 4.08. The van der Waals surface area contributed by atoms with Gasteiger partial charge in [-0.05, 0) is 32.0 Å². The minimum Gasteiger partial charge on any atom is -0.378 e. The summed E-state index contributed by atoms with van der Waals surface area (Å²) >= 11 is 0. The van der Waals surface area contributed by atoms with Crippen LogP contribution in [0.2, 0.25) is 0 Å². The lowest BCUT2D eigenvalue weighted by atomic mass is 9.89. The molecule has 2 rings (SSSR count). The molecule has 3 heteroatoms. The smallest absolute Gasteiger partial charge is 0.0594 e. The maximum Gasteiger partial charge on any atom is 0.0594 e. The fraction of sp³-hybridized carbons (Fsp3) is 0.583. The third-order valence-corrected chi connectivity index (χ3v) is 3.22. The highest BCUT2D eigenvalue weighted by atomic mass is 16.5. The Hall–Kier alpha value is -0.930. The van der Waals surface area contributed by atoms with E-state index >= 15 is 0 Å². The zero-order valence-corrected chi connectivity index (χ0v) is 9.31. The fourth-order valence-electron chi connectivity index (χ4n) is 2.37. The highest BCUT2D eigenvalue weighted by molar-refractivity contribution is 5.15. The summed E-state index contributed by atoms with van der Waals surface area (Å²) in [6.07, 6.45) is 5.21. The number of aromatic nitrogens is 1. The minimum absolute atomic E-state index is 0.336. The van der Waals surface area contributed by atoms with Gasteiger partial charge in [-0.1, -0.05) is 6.07 Å². The van der Waals surface area contributed by atoms with Crippen LogP contribution in [-0.4, -0.2) is 24.7 Å². The number of nitrogens with zero attached hydrogens (tertiary/aromatic N) is 1. The van der Waals surface area contributed by atoms with Gasteiger partial charge in [0, 0.05) is 31.0 Å². The summed E-state index contributed by atoms with van der Waals surface area (Å²) in [5.74, 6) is 0.555. The molecule has 15 heavy (non-hydrogen) atoms. The van der Waals surface area contributed by atoms with Crippen molar-refractivity contribution >= 4 is 0 Å². The minimum atomic E-state index is 0.336. The molecule has 3 unspecified atom stereocenters. The normalized spacial score (nSPS) is 27.9. The molecule has 0 saturated carbocycles. The first-order valence-electron chi connectivity index (χ1n) is 5.51. The van der Waals surface area contributed by atoms with E-state index in [-0.39, 0.29) is 0 Å². The van der Waals surface area contributed by atoms with Crippen molar-refractivity contribution in [1.82, 2.24) is 10.3 Å². The number of nitrogens with one attached hydrogen (secondary N) is 1. The molecule has 3 nitrogen and oxygen atoms in total. The Morgan fingerprint density at radius 3 is 3.00 bits per heavy atom. The lowest BCUT2D eigenvalue weighted by Crippen LogP contribution is -2.29. The molecule has 1 saturated heterocycles. The molecule has 0 amide bonds. The molecule has 1 aromatic heterocycles. The van der Waals surface area contributed by atoms with E-state index in [1.165, 1.54) is 5.56 Å². The average molecular weight is 206 g/mol. The molecule has 0 bridgehead atoms. The van der Waals surface area contributed by atoms with Crippen molar-refractivity contribution in [2.24, 2.45) is 5.92 Å². The van der Waals surface area contributed by atoms with Crippen LogP contribution < -0.4 is 5.32 Å². The molecule has 0 spiro atoms. The topological polar surface area (TPSA) is 34.2 Å². The Morgan fingerprint density at radius 2 is 2.47 bits per heavy atom. The van der Waals surface area contributed by atoms with E-state index in [0.717, 1.165) is 13.0 Å². The van der Waals surface area contributed by atoms with Crippen molar-refractivity contribution in [2.75, 3.05) is 13.7 Å². The van der Waals surface area contributed by atoms with Crippen molar-refractivity contribution in [2.45, 2.75) is 25.5 Å². The van der Waals surface area contributed by atoms with Crippen LogP contribution in [0.1, 0.15) is 24.9 Å². The van der Waals surface area contributed by atoms with Gasteiger partial charge in [0.25, 0.3) is 0 Å². The molecule has 1 aliphatic heterocycles. The number of hydrogen-bond donors (Lipinski definition) is 1. The van der Waals surface area contributed by atoms with Crippen molar-refractivity contribution in [3.63, 3.8) is 0 Å². The van der Waals surface area contributed by atoms with E-state index in [0.29, 0.717) is 18.1 Å². The number of pyridine rings is 1. The van der Waals surface area contributed by atoms with E-state index in [1.807, 2.05) is 25.5 Å². The lowest BCUT2D eigenvalue weighted by Gasteiger charge is -2.25. The summed E-state index contributed by atoms with van der Waals surface area (Å²) in [4.78, 5) is 4.17. The Labute approximate surface area is 90.9 Å². The summed E-state index contributed by atoms with van der Waals surface area (Å²) < 4.78 is 5.61. The number of hydrogen-bond acceptors (Lipinski definition) is 3. The Bertz CT molecular complexity index is 302. The molecule has 1 fully saturated rings. The molecule has 0 aromatic carbocycles. The van der Waals surface area contributed by atoms with E-state index in [9.17, 15) is 0 Å². The van der Waals surface area contributed by atoms with Gasteiger partial charge in [-0.2, -0.15) is 0 Å². The predicted molar refractivity (Wildman–Crippen MR) is 59.6 cm³/mol. The van der Waals surface area contributed by atoms with E-state index in [2.05, 4.69) is 23.3 Å². The number of ether oxygens (including phenoxy) is 1. The quantitative estimate of drug-likeness (QED) is 0.818. The molecular weight excluding hydrogens is 188 g/mol. The predicted octanol–water partition coefficient (Wildman–Crippen LogP) is 1.77. The Balaban J connectivity index is 2.17. The van der Waals surface area contributed by atoms with Gasteiger partial charge in [-0.3, -0.25) is 4.98 Å². The van der Waals surface area contributed by atoms with Gasteiger partial charge >= 0.3 is 0 Å².